The molecular weight excluding hydrogens is 380 g/mol. The van der Waals surface area contributed by atoms with Crippen molar-refractivity contribution < 1.29 is 9.53 Å². The predicted molar refractivity (Wildman–Crippen MR) is 120 cm³/mol. The monoisotopic (exact) mass is 398 g/mol. The van der Waals surface area contributed by atoms with Crippen LogP contribution in [-0.2, 0) is 6.61 Å². The molecule has 0 aliphatic rings. The molecule has 4 aromatic rings. The Morgan fingerprint density at radius 3 is 2.34 bits per heavy atom. The van der Waals surface area contributed by atoms with E-state index in [1.807, 2.05) is 91.0 Å². The Balaban J connectivity index is 1.66. The van der Waals surface area contributed by atoms with Crippen molar-refractivity contribution in [3.05, 3.63) is 119 Å². The first-order valence-corrected chi connectivity index (χ1v) is 9.75. The Kier molecular flexibility index (Phi) is 5.73. The van der Waals surface area contributed by atoms with Crippen LogP contribution < -0.4 is 4.74 Å². The van der Waals surface area contributed by atoms with Crippen LogP contribution in [0.3, 0.4) is 0 Å². The maximum atomic E-state index is 12.5. The van der Waals surface area contributed by atoms with Crippen molar-refractivity contribution in [1.29, 1.82) is 0 Å². The van der Waals surface area contributed by atoms with Gasteiger partial charge >= 0.3 is 0 Å². The minimum absolute atomic E-state index is 0.0396. The molecule has 0 aromatic heterocycles. The number of carbonyl (C=O) groups excluding carboxylic acids is 1. The van der Waals surface area contributed by atoms with Gasteiger partial charge in [-0.25, -0.2) is 0 Å². The molecule has 0 N–H and O–H groups in total. The molecule has 0 fully saturated rings. The highest BCUT2D eigenvalue weighted by atomic mass is 35.5. The van der Waals surface area contributed by atoms with Crippen LogP contribution in [0.4, 0.5) is 0 Å². The Morgan fingerprint density at radius 2 is 1.55 bits per heavy atom. The van der Waals surface area contributed by atoms with Crippen molar-refractivity contribution in [2.45, 2.75) is 6.61 Å². The fourth-order valence-corrected chi connectivity index (χ4v) is 3.30. The number of hydrogen-bond donors (Lipinski definition) is 0. The maximum absolute atomic E-state index is 12.5. The van der Waals surface area contributed by atoms with E-state index in [-0.39, 0.29) is 5.78 Å². The smallest absolute Gasteiger partial charge is 0.185 e. The van der Waals surface area contributed by atoms with Crippen molar-refractivity contribution in [3.63, 3.8) is 0 Å². The zero-order valence-corrected chi connectivity index (χ0v) is 16.5. The molecule has 0 spiro atoms. The molecule has 4 rings (SSSR count). The van der Waals surface area contributed by atoms with Crippen LogP contribution in [-0.4, -0.2) is 5.78 Å². The van der Waals surface area contributed by atoms with Gasteiger partial charge in [0, 0.05) is 16.1 Å². The second-order valence-corrected chi connectivity index (χ2v) is 7.11. The molecule has 142 valence electrons. The van der Waals surface area contributed by atoms with E-state index in [9.17, 15) is 4.79 Å². The normalized spacial score (nSPS) is 11.1. The molecule has 4 aromatic carbocycles. The van der Waals surface area contributed by atoms with Gasteiger partial charge in [-0.1, -0.05) is 84.4 Å². The summed E-state index contributed by atoms with van der Waals surface area (Å²) in [6, 6.07) is 28.9. The number of rotatable bonds is 6. The van der Waals surface area contributed by atoms with Gasteiger partial charge in [-0.05, 0) is 46.7 Å². The summed E-state index contributed by atoms with van der Waals surface area (Å²) in [6.07, 6.45) is 3.45. The first-order chi connectivity index (χ1) is 14.2. The van der Waals surface area contributed by atoms with Crippen molar-refractivity contribution in [2.24, 2.45) is 0 Å². The van der Waals surface area contributed by atoms with Crippen LogP contribution in [0.1, 0.15) is 21.5 Å². The van der Waals surface area contributed by atoms with E-state index in [4.69, 9.17) is 16.3 Å². The maximum Gasteiger partial charge on any atom is 0.185 e. The molecule has 0 amide bonds. The minimum atomic E-state index is -0.0396. The predicted octanol–water partition coefficient (Wildman–Crippen LogP) is 6.97. The van der Waals surface area contributed by atoms with Gasteiger partial charge < -0.3 is 4.74 Å². The lowest BCUT2D eigenvalue weighted by molar-refractivity contribution is 0.104. The molecule has 29 heavy (non-hydrogen) atoms. The van der Waals surface area contributed by atoms with Gasteiger partial charge in [0.05, 0.1) is 0 Å². The van der Waals surface area contributed by atoms with Gasteiger partial charge in [-0.15, -0.1) is 0 Å². The van der Waals surface area contributed by atoms with Crippen LogP contribution in [0.25, 0.3) is 16.8 Å². The van der Waals surface area contributed by atoms with E-state index >= 15 is 0 Å². The number of ether oxygens (including phenoxy) is 1. The topological polar surface area (TPSA) is 26.3 Å². The number of allylic oxidation sites excluding steroid dienone is 1. The van der Waals surface area contributed by atoms with Crippen molar-refractivity contribution in [1.82, 2.24) is 0 Å². The molecular formula is C26H19ClO2. The SMILES string of the molecule is O=C(/C=C/c1c(OCc2ccc(Cl)cc2)ccc2ccccc12)c1ccccc1. The van der Waals surface area contributed by atoms with E-state index < -0.39 is 0 Å². The lowest BCUT2D eigenvalue weighted by Gasteiger charge is -2.12. The fraction of sp³-hybridized carbons (Fsp3) is 0.0385. The molecule has 2 nitrogen and oxygen atoms in total. The van der Waals surface area contributed by atoms with Crippen molar-refractivity contribution >= 4 is 34.2 Å². The van der Waals surface area contributed by atoms with Crippen LogP contribution in [0.5, 0.6) is 5.75 Å². The summed E-state index contributed by atoms with van der Waals surface area (Å²) >= 11 is 5.96. The number of ketones is 1. The number of hydrogen-bond acceptors (Lipinski definition) is 2. The summed E-state index contributed by atoms with van der Waals surface area (Å²) in [5, 5.41) is 2.83. The van der Waals surface area contributed by atoms with Gasteiger partial charge in [0.15, 0.2) is 5.78 Å². The van der Waals surface area contributed by atoms with Gasteiger partial charge in [0.25, 0.3) is 0 Å². The average Bonchev–Trinajstić information content (AvgIpc) is 2.78. The lowest BCUT2D eigenvalue weighted by Crippen LogP contribution is -1.98. The largest absolute Gasteiger partial charge is 0.488 e. The third-order valence-electron chi connectivity index (χ3n) is 4.70. The number of fused-ring (bicyclic) bond motifs is 1. The van der Waals surface area contributed by atoms with Crippen molar-refractivity contribution in [2.75, 3.05) is 0 Å². The van der Waals surface area contributed by atoms with E-state index in [0.717, 1.165) is 27.6 Å². The first-order valence-electron chi connectivity index (χ1n) is 9.37. The summed E-state index contributed by atoms with van der Waals surface area (Å²) in [5.74, 6) is 0.693. The molecule has 0 atom stereocenters. The third-order valence-corrected chi connectivity index (χ3v) is 4.95. The summed E-state index contributed by atoms with van der Waals surface area (Å²) in [4.78, 5) is 12.5. The van der Waals surface area contributed by atoms with Crippen LogP contribution in [0, 0.1) is 0 Å². The van der Waals surface area contributed by atoms with E-state index in [1.165, 1.54) is 0 Å². The molecule has 0 saturated heterocycles. The lowest BCUT2D eigenvalue weighted by atomic mass is 10.0. The van der Waals surface area contributed by atoms with Crippen LogP contribution in [0.15, 0.2) is 97.1 Å². The summed E-state index contributed by atoms with van der Waals surface area (Å²) < 4.78 is 6.10. The Hall–Kier alpha value is -3.36. The van der Waals surface area contributed by atoms with Crippen LogP contribution in [0.2, 0.25) is 5.02 Å². The van der Waals surface area contributed by atoms with Crippen LogP contribution >= 0.6 is 11.6 Å². The van der Waals surface area contributed by atoms with Gasteiger partial charge in [-0.3, -0.25) is 4.79 Å². The number of carbonyl (C=O) groups is 1. The van der Waals surface area contributed by atoms with Gasteiger partial charge in [0.1, 0.15) is 12.4 Å². The Morgan fingerprint density at radius 1 is 0.828 bits per heavy atom. The third kappa shape index (κ3) is 4.56. The number of benzene rings is 4. The fourth-order valence-electron chi connectivity index (χ4n) is 3.17. The second kappa shape index (κ2) is 8.76. The Labute approximate surface area is 175 Å². The molecule has 0 heterocycles. The average molecular weight is 399 g/mol. The quantitative estimate of drug-likeness (QED) is 0.259. The molecule has 3 heteroatoms. The highest BCUT2D eigenvalue weighted by molar-refractivity contribution is 6.30. The molecule has 0 aliphatic carbocycles. The highest BCUT2D eigenvalue weighted by Gasteiger charge is 2.08. The summed E-state index contributed by atoms with van der Waals surface area (Å²) in [5.41, 5.74) is 2.58. The van der Waals surface area contributed by atoms with Crippen molar-refractivity contribution in [3.8, 4) is 5.75 Å². The molecule has 0 saturated carbocycles. The molecule has 0 radical (unpaired) electrons. The first kappa shape index (κ1) is 19.0. The van der Waals surface area contributed by atoms with E-state index in [0.29, 0.717) is 17.2 Å². The molecule has 0 bridgehead atoms. The molecule has 0 unspecified atom stereocenters. The minimum Gasteiger partial charge on any atom is -0.488 e. The zero-order chi connectivity index (χ0) is 20.1. The summed E-state index contributed by atoms with van der Waals surface area (Å²) in [7, 11) is 0. The molecule has 0 aliphatic heterocycles. The standard InChI is InChI=1S/C26H19ClO2/c27-22-13-10-19(11-14-22)18-29-26-17-12-20-6-4-5-9-23(20)24(26)15-16-25(28)21-7-2-1-3-8-21/h1-17H,18H2/b16-15+. The van der Waals surface area contributed by atoms with E-state index in [2.05, 4.69) is 6.07 Å². The van der Waals surface area contributed by atoms with Gasteiger partial charge in [0.2, 0.25) is 0 Å². The zero-order valence-electron chi connectivity index (χ0n) is 15.7. The Bertz CT molecular complexity index is 1160. The van der Waals surface area contributed by atoms with E-state index in [1.54, 1.807) is 6.08 Å². The summed E-state index contributed by atoms with van der Waals surface area (Å²) in [6.45, 7) is 0.420. The highest BCUT2D eigenvalue weighted by Crippen LogP contribution is 2.30. The number of halogens is 1. The second-order valence-electron chi connectivity index (χ2n) is 6.68. The van der Waals surface area contributed by atoms with Gasteiger partial charge in [-0.2, -0.15) is 0 Å².